The van der Waals surface area contributed by atoms with Crippen LogP contribution in [0.4, 0.5) is 4.39 Å². The topological polar surface area (TPSA) is 66.5 Å². The number of likely N-dealkylation sites (tertiary alicyclic amines) is 1. The van der Waals surface area contributed by atoms with Gasteiger partial charge < -0.3 is 10.2 Å². The Morgan fingerprint density at radius 1 is 1.06 bits per heavy atom. The van der Waals surface area contributed by atoms with Crippen LogP contribution in [0.15, 0.2) is 18.2 Å². The van der Waals surface area contributed by atoms with Gasteiger partial charge in [-0.15, -0.1) is 0 Å². The van der Waals surface area contributed by atoms with Gasteiger partial charge in [0.05, 0.1) is 11.6 Å². The standard InChI is InChI=1S/C28H41FN2O3.H2/c1-18(2)25(32)24(19-11-7-6-8-12-19)30-26(33)22-15-9-14-21(23(22)29)20-13-10-16-31(17-20)27(34)28(3,4)5;/h9,14-15,18-20,24H,6-8,10-13,16-17H2,1-5H3,(H,30,33);1H/t20-,24-;/m1./s1. The lowest BCUT2D eigenvalue weighted by molar-refractivity contribution is -0.140. The van der Waals surface area contributed by atoms with Gasteiger partial charge in [-0.3, -0.25) is 14.4 Å². The molecule has 1 N–H and O–H groups in total. The van der Waals surface area contributed by atoms with Crippen molar-refractivity contribution >= 4 is 17.6 Å². The Morgan fingerprint density at radius 3 is 2.35 bits per heavy atom. The molecule has 5 nitrogen and oxygen atoms in total. The average Bonchev–Trinajstić information content (AvgIpc) is 2.81. The highest BCUT2D eigenvalue weighted by Crippen LogP contribution is 2.33. The van der Waals surface area contributed by atoms with Gasteiger partial charge in [0.1, 0.15) is 5.82 Å². The number of nitrogens with zero attached hydrogens (tertiary/aromatic N) is 1. The van der Waals surface area contributed by atoms with Gasteiger partial charge in [-0.1, -0.05) is 66.0 Å². The number of nitrogens with one attached hydrogen (secondary N) is 1. The molecule has 0 unspecified atom stereocenters. The number of hydrogen-bond donors (Lipinski definition) is 1. The monoisotopic (exact) mass is 474 g/mol. The molecular weight excluding hydrogens is 431 g/mol. The van der Waals surface area contributed by atoms with E-state index in [0.717, 1.165) is 44.9 Å². The Morgan fingerprint density at radius 2 is 1.74 bits per heavy atom. The molecule has 1 heterocycles. The van der Waals surface area contributed by atoms with Crippen molar-refractivity contribution in [1.29, 1.82) is 0 Å². The minimum atomic E-state index is -0.578. The van der Waals surface area contributed by atoms with E-state index in [9.17, 15) is 14.4 Å². The zero-order chi connectivity index (χ0) is 25.0. The highest BCUT2D eigenvalue weighted by Gasteiger charge is 2.35. The first-order valence-corrected chi connectivity index (χ1v) is 12.9. The zero-order valence-corrected chi connectivity index (χ0v) is 21.5. The molecule has 6 heteroatoms. The van der Waals surface area contributed by atoms with Crippen molar-refractivity contribution in [2.45, 2.75) is 91.5 Å². The lowest BCUT2D eigenvalue weighted by atomic mass is 9.80. The summed E-state index contributed by atoms with van der Waals surface area (Å²) in [5, 5.41) is 2.91. The lowest BCUT2D eigenvalue weighted by Gasteiger charge is -2.37. The van der Waals surface area contributed by atoms with E-state index < -0.39 is 23.2 Å². The van der Waals surface area contributed by atoms with Crippen LogP contribution in [-0.4, -0.2) is 41.6 Å². The number of carbonyl (C=O) groups excluding carboxylic acids is 3. The van der Waals surface area contributed by atoms with E-state index in [1.807, 2.05) is 39.5 Å². The number of halogens is 1. The molecule has 1 saturated heterocycles. The van der Waals surface area contributed by atoms with Gasteiger partial charge >= 0.3 is 0 Å². The number of rotatable bonds is 6. The molecule has 1 saturated carbocycles. The van der Waals surface area contributed by atoms with Gasteiger partial charge in [0, 0.05) is 31.8 Å². The largest absolute Gasteiger partial charge is 0.342 e. The fourth-order valence-corrected chi connectivity index (χ4v) is 5.40. The first-order valence-electron chi connectivity index (χ1n) is 12.9. The summed E-state index contributed by atoms with van der Waals surface area (Å²) < 4.78 is 15.7. The molecule has 0 radical (unpaired) electrons. The van der Waals surface area contributed by atoms with Crippen molar-refractivity contribution in [3.05, 3.63) is 35.1 Å². The summed E-state index contributed by atoms with van der Waals surface area (Å²) in [5.41, 5.74) is -0.0307. The zero-order valence-electron chi connectivity index (χ0n) is 21.5. The highest BCUT2D eigenvalue weighted by molar-refractivity contribution is 5.98. The van der Waals surface area contributed by atoms with E-state index >= 15 is 4.39 Å². The van der Waals surface area contributed by atoms with E-state index in [-0.39, 0.29) is 36.4 Å². The summed E-state index contributed by atoms with van der Waals surface area (Å²) in [5.74, 6) is -1.23. The molecule has 2 amide bonds. The van der Waals surface area contributed by atoms with E-state index in [2.05, 4.69) is 5.32 Å². The summed E-state index contributed by atoms with van der Waals surface area (Å²) >= 11 is 0. The van der Waals surface area contributed by atoms with Crippen LogP contribution >= 0.6 is 0 Å². The van der Waals surface area contributed by atoms with E-state index in [0.29, 0.717) is 18.7 Å². The van der Waals surface area contributed by atoms with Crippen molar-refractivity contribution < 1.29 is 20.2 Å². The molecule has 1 aromatic carbocycles. The van der Waals surface area contributed by atoms with Crippen LogP contribution in [0.3, 0.4) is 0 Å². The second kappa shape index (κ2) is 11.0. The van der Waals surface area contributed by atoms with Crippen LogP contribution in [0.5, 0.6) is 0 Å². The van der Waals surface area contributed by atoms with Crippen molar-refractivity contribution in [2.24, 2.45) is 17.3 Å². The quantitative estimate of drug-likeness (QED) is 0.573. The van der Waals surface area contributed by atoms with Crippen LogP contribution in [-0.2, 0) is 9.59 Å². The van der Waals surface area contributed by atoms with Crippen LogP contribution in [0.1, 0.15) is 103 Å². The molecule has 2 fully saturated rings. The Bertz CT molecular complexity index is 906. The molecule has 1 aromatic rings. The SMILES string of the molecule is CC(C)C(=O)[C@H](NC(=O)c1cccc([C@@H]2CCCN(C(=O)C(C)(C)C)C2)c1F)C1CCCCC1.[HH]. The fourth-order valence-electron chi connectivity index (χ4n) is 5.40. The number of hydrogen-bond acceptors (Lipinski definition) is 3. The van der Waals surface area contributed by atoms with E-state index in [1.54, 1.807) is 12.1 Å². The first-order chi connectivity index (χ1) is 16.0. The third-order valence-corrected chi connectivity index (χ3v) is 7.35. The molecule has 190 valence electrons. The lowest BCUT2D eigenvalue weighted by Crippen LogP contribution is -2.48. The maximum atomic E-state index is 15.7. The Hall–Kier alpha value is -2.24. The second-order valence-corrected chi connectivity index (χ2v) is 11.5. The third kappa shape index (κ3) is 6.05. The highest BCUT2D eigenvalue weighted by atomic mass is 19.1. The number of ketones is 1. The summed E-state index contributed by atoms with van der Waals surface area (Å²) in [4.78, 5) is 40.8. The Balaban J connectivity index is 0.00000432. The Labute approximate surface area is 205 Å². The first kappa shape index (κ1) is 26.4. The summed E-state index contributed by atoms with van der Waals surface area (Å²) in [6.07, 6.45) is 6.65. The van der Waals surface area contributed by atoms with Crippen molar-refractivity contribution in [1.82, 2.24) is 10.2 Å². The number of piperidine rings is 1. The number of amides is 2. The molecule has 3 rings (SSSR count). The molecule has 2 atom stereocenters. The van der Waals surface area contributed by atoms with Crippen molar-refractivity contribution in [3.63, 3.8) is 0 Å². The number of Topliss-reactive ketones (excluding diaryl/α,β-unsaturated/α-hetero) is 1. The molecule has 0 aromatic heterocycles. The maximum Gasteiger partial charge on any atom is 0.254 e. The predicted octanol–water partition coefficient (Wildman–Crippen LogP) is 5.73. The van der Waals surface area contributed by atoms with Gasteiger partial charge in [-0.2, -0.15) is 0 Å². The van der Waals surface area contributed by atoms with Gasteiger partial charge in [0.2, 0.25) is 5.91 Å². The molecular formula is C28H43FN2O3. The van der Waals surface area contributed by atoms with Gasteiger partial charge in [0.25, 0.3) is 5.91 Å². The molecule has 0 spiro atoms. The number of carbonyl (C=O) groups is 3. The Kier molecular flexibility index (Phi) is 8.53. The van der Waals surface area contributed by atoms with Crippen molar-refractivity contribution in [3.8, 4) is 0 Å². The summed E-state index contributed by atoms with van der Waals surface area (Å²) in [6, 6.07) is 4.34. The van der Waals surface area contributed by atoms with Gasteiger partial charge in [-0.05, 0) is 43.2 Å². The smallest absolute Gasteiger partial charge is 0.254 e. The molecule has 2 aliphatic rings. The molecule has 34 heavy (non-hydrogen) atoms. The second-order valence-electron chi connectivity index (χ2n) is 11.5. The van der Waals surface area contributed by atoms with Crippen molar-refractivity contribution in [2.75, 3.05) is 13.1 Å². The minimum absolute atomic E-state index is 0. The van der Waals surface area contributed by atoms with Gasteiger partial charge in [0.15, 0.2) is 5.78 Å². The summed E-state index contributed by atoms with van der Waals surface area (Å²) in [7, 11) is 0. The van der Waals surface area contributed by atoms with Crippen LogP contribution in [0, 0.1) is 23.1 Å². The maximum absolute atomic E-state index is 15.7. The minimum Gasteiger partial charge on any atom is -0.342 e. The van der Waals surface area contributed by atoms with Gasteiger partial charge in [-0.25, -0.2) is 4.39 Å². The summed E-state index contributed by atoms with van der Waals surface area (Å²) in [6.45, 7) is 10.5. The molecule has 0 bridgehead atoms. The predicted molar refractivity (Wildman–Crippen MR) is 134 cm³/mol. The fraction of sp³-hybridized carbons (Fsp3) is 0.679. The average molecular weight is 475 g/mol. The molecule has 1 aliphatic heterocycles. The van der Waals surface area contributed by atoms with E-state index in [1.165, 1.54) is 6.07 Å². The molecule has 1 aliphatic carbocycles. The van der Waals surface area contributed by atoms with Crippen LogP contribution in [0.25, 0.3) is 0 Å². The number of benzene rings is 1. The van der Waals surface area contributed by atoms with Crippen LogP contribution in [0.2, 0.25) is 0 Å². The normalized spacial score (nSPS) is 20.8. The van der Waals surface area contributed by atoms with Crippen LogP contribution < -0.4 is 5.32 Å². The van der Waals surface area contributed by atoms with E-state index in [4.69, 9.17) is 0 Å². The third-order valence-electron chi connectivity index (χ3n) is 7.35.